The van der Waals surface area contributed by atoms with Gasteiger partial charge in [0.15, 0.2) is 5.82 Å². The van der Waals surface area contributed by atoms with Crippen LogP contribution in [0.1, 0.15) is 27.2 Å². The first-order chi connectivity index (χ1) is 15.4. The zero-order chi connectivity index (χ0) is 23.1. The van der Waals surface area contributed by atoms with Gasteiger partial charge in [0.1, 0.15) is 5.75 Å². The Bertz CT molecular complexity index is 908. The Morgan fingerprint density at radius 3 is 2.44 bits per heavy atom. The Morgan fingerprint density at radius 1 is 1.09 bits per heavy atom. The maximum atomic E-state index is 12.8. The molecule has 1 aromatic carbocycles. The maximum Gasteiger partial charge on any atom is 0.242 e. The summed E-state index contributed by atoms with van der Waals surface area (Å²) in [5.74, 6) is 1.51. The molecule has 3 rings (SSSR count). The highest BCUT2D eigenvalue weighted by molar-refractivity contribution is 5.85. The van der Waals surface area contributed by atoms with Crippen LogP contribution in [0.3, 0.4) is 0 Å². The minimum Gasteiger partial charge on any atom is -0.497 e. The molecule has 8 heteroatoms. The van der Waals surface area contributed by atoms with Crippen molar-refractivity contribution in [3.8, 4) is 17.0 Å². The predicted octanol–water partition coefficient (Wildman–Crippen LogP) is 2.70. The molecular weight excluding hydrogens is 406 g/mol. The Kier molecular flexibility index (Phi) is 8.03. The largest absolute Gasteiger partial charge is 0.497 e. The van der Waals surface area contributed by atoms with Crippen LogP contribution >= 0.6 is 0 Å². The van der Waals surface area contributed by atoms with E-state index in [4.69, 9.17) is 4.74 Å². The first kappa shape index (κ1) is 23.5. The third-order valence-corrected chi connectivity index (χ3v) is 5.60. The zero-order valence-corrected chi connectivity index (χ0v) is 19.5. The van der Waals surface area contributed by atoms with Crippen LogP contribution in [0.4, 0.5) is 5.82 Å². The van der Waals surface area contributed by atoms with Gasteiger partial charge in [0.25, 0.3) is 0 Å². The van der Waals surface area contributed by atoms with E-state index in [9.17, 15) is 9.59 Å². The number of rotatable bonds is 8. The number of methoxy groups -OCH3 is 1. The predicted molar refractivity (Wildman–Crippen MR) is 125 cm³/mol. The Morgan fingerprint density at radius 2 is 1.84 bits per heavy atom. The van der Waals surface area contributed by atoms with Gasteiger partial charge in [-0.2, -0.15) is 0 Å². The van der Waals surface area contributed by atoms with E-state index in [1.807, 2.05) is 62.1 Å². The molecule has 2 aromatic rings. The SMILES string of the molecule is CCCN(CC(=O)N1CCN(c2ccc(-c3cccc(OC)c3)nn2)CC1)C(=O)C(C)C. The third kappa shape index (κ3) is 5.75. The van der Waals surface area contributed by atoms with Crippen LogP contribution in [0.25, 0.3) is 11.3 Å². The van der Waals surface area contributed by atoms with Gasteiger partial charge in [0.05, 0.1) is 19.3 Å². The number of carbonyl (C=O) groups excluding carboxylic acids is 2. The van der Waals surface area contributed by atoms with Crippen molar-refractivity contribution >= 4 is 17.6 Å². The molecule has 0 unspecified atom stereocenters. The van der Waals surface area contributed by atoms with Crippen molar-refractivity contribution in [3.05, 3.63) is 36.4 Å². The van der Waals surface area contributed by atoms with Crippen LogP contribution in [0.5, 0.6) is 5.75 Å². The lowest BCUT2D eigenvalue weighted by atomic mass is 10.1. The van der Waals surface area contributed by atoms with Crippen molar-refractivity contribution in [1.82, 2.24) is 20.0 Å². The Hall–Kier alpha value is -3.16. The molecule has 8 nitrogen and oxygen atoms in total. The number of nitrogens with zero attached hydrogens (tertiary/aromatic N) is 5. The molecule has 0 atom stereocenters. The highest BCUT2D eigenvalue weighted by Crippen LogP contribution is 2.23. The van der Waals surface area contributed by atoms with Gasteiger partial charge >= 0.3 is 0 Å². The molecule has 2 amide bonds. The normalized spacial score (nSPS) is 13.9. The van der Waals surface area contributed by atoms with Crippen LogP contribution in [0.15, 0.2) is 36.4 Å². The van der Waals surface area contributed by atoms with Crippen LogP contribution in [-0.2, 0) is 9.59 Å². The second kappa shape index (κ2) is 10.9. The second-order valence-electron chi connectivity index (χ2n) is 8.29. The van der Waals surface area contributed by atoms with Crippen molar-refractivity contribution in [3.63, 3.8) is 0 Å². The minimum absolute atomic E-state index is 0.00607. The average molecular weight is 440 g/mol. The van der Waals surface area contributed by atoms with E-state index >= 15 is 0 Å². The molecule has 1 saturated heterocycles. The van der Waals surface area contributed by atoms with Gasteiger partial charge in [-0.05, 0) is 30.7 Å². The highest BCUT2D eigenvalue weighted by atomic mass is 16.5. The number of carbonyl (C=O) groups is 2. The van der Waals surface area contributed by atoms with Crippen molar-refractivity contribution < 1.29 is 14.3 Å². The molecule has 1 aliphatic rings. The number of aromatic nitrogens is 2. The molecule has 0 N–H and O–H groups in total. The molecule has 1 fully saturated rings. The molecule has 1 aliphatic heterocycles. The number of ether oxygens (including phenoxy) is 1. The fourth-order valence-corrected chi connectivity index (χ4v) is 3.78. The molecule has 0 saturated carbocycles. The van der Waals surface area contributed by atoms with Gasteiger partial charge in [-0.1, -0.05) is 32.9 Å². The summed E-state index contributed by atoms with van der Waals surface area (Å²) in [7, 11) is 1.64. The molecule has 32 heavy (non-hydrogen) atoms. The summed E-state index contributed by atoms with van der Waals surface area (Å²) in [5.41, 5.74) is 1.73. The van der Waals surface area contributed by atoms with Gasteiger partial charge in [-0.3, -0.25) is 9.59 Å². The summed E-state index contributed by atoms with van der Waals surface area (Å²) >= 11 is 0. The second-order valence-corrected chi connectivity index (χ2v) is 8.29. The van der Waals surface area contributed by atoms with Crippen molar-refractivity contribution in [2.24, 2.45) is 5.92 Å². The molecule has 1 aromatic heterocycles. The first-order valence-corrected chi connectivity index (χ1v) is 11.2. The summed E-state index contributed by atoms with van der Waals surface area (Å²) in [5, 5.41) is 8.78. The highest BCUT2D eigenvalue weighted by Gasteiger charge is 2.26. The Labute approximate surface area is 190 Å². The summed E-state index contributed by atoms with van der Waals surface area (Å²) in [4.78, 5) is 30.8. The maximum absolute atomic E-state index is 12.8. The van der Waals surface area contributed by atoms with Gasteiger partial charge < -0.3 is 19.4 Å². The molecule has 0 spiro atoms. The number of anilines is 1. The van der Waals surface area contributed by atoms with Crippen LogP contribution in [-0.4, -0.2) is 78.2 Å². The number of benzene rings is 1. The van der Waals surface area contributed by atoms with Gasteiger partial charge in [0, 0.05) is 44.2 Å². The summed E-state index contributed by atoms with van der Waals surface area (Å²) in [6.45, 7) is 9.10. The fourth-order valence-electron chi connectivity index (χ4n) is 3.78. The lowest BCUT2D eigenvalue weighted by molar-refractivity contribution is -0.142. The average Bonchev–Trinajstić information content (AvgIpc) is 2.83. The first-order valence-electron chi connectivity index (χ1n) is 11.2. The summed E-state index contributed by atoms with van der Waals surface area (Å²) in [6, 6.07) is 11.6. The third-order valence-electron chi connectivity index (χ3n) is 5.60. The van der Waals surface area contributed by atoms with Gasteiger partial charge in [0.2, 0.25) is 11.8 Å². The summed E-state index contributed by atoms with van der Waals surface area (Å²) in [6.07, 6.45) is 0.837. The molecule has 0 radical (unpaired) electrons. The standard InChI is InChI=1S/C24H33N5O3/c1-5-11-29(24(31)18(2)3)17-23(30)28-14-12-27(13-15-28)22-10-9-21(25-26-22)19-7-6-8-20(16-19)32-4/h6-10,16,18H,5,11-15,17H2,1-4H3. The lowest BCUT2D eigenvalue weighted by Gasteiger charge is -2.36. The van der Waals surface area contributed by atoms with E-state index < -0.39 is 0 Å². The smallest absolute Gasteiger partial charge is 0.242 e. The van der Waals surface area contributed by atoms with E-state index in [0.717, 1.165) is 29.2 Å². The van der Waals surface area contributed by atoms with E-state index in [-0.39, 0.29) is 24.3 Å². The zero-order valence-electron chi connectivity index (χ0n) is 19.5. The van der Waals surface area contributed by atoms with Gasteiger partial charge in [-0.25, -0.2) is 0 Å². The van der Waals surface area contributed by atoms with E-state index in [0.29, 0.717) is 32.7 Å². The lowest BCUT2D eigenvalue weighted by Crippen LogP contribution is -2.52. The van der Waals surface area contributed by atoms with Gasteiger partial charge in [-0.15, -0.1) is 10.2 Å². The number of amides is 2. The van der Waals surface area contributed by atoms with Crippen LogP contribution < -0.4 is 9.64 Å². The minimum atomic E-state index is -0.107. The van der Waals surface area contributed by atoms with E-state index in [2.05, 4.69) is 15.1 Å². The van der Waals surface area contributed by atoms with Crippen LogP contribution in [0, 0.1) is 5.92 Å². The molecule has 0 bridgehead atoms. The number of hydrogen-bond acceptors (Lipinski definition) is 6. The van der Waals surface area contributed by atoms with E-state index in [1.54, 1.807) is 12.0 Å². The van der Waals surface area contributed by atoms with Crippen LogP contribution in [0.2, 0.25) is 0 Å². The number of piperazine rings is 1. The van der Waals surface area contributed by atoms with Crippen molar-refractivity contribution in [1.29, 1.82) is 0 Å². The van der Waals surface area contributed by atoms with Crippen molar-refractivity contribution in [2.45, 2.75) is 27.2 Å². The van der Waals surface area contributed by atoms with E-state index in [1.165, 1.54) is 0 Å². The molecular formula is C24H33N5O3. The molecule has 172 valence electrons. The molecule has 0 aliphatic carbocycles. The Balaban J connectivity index is 1.57. The van der Waals surface area contributed by atoms with Crippen molar-refractivity contribution in [2.75, 3.05) is 51.3 Å². The quantitative estimate of drug-likeness (QED) is 0.629. The fraction of sp³-hybridized carbons (Fsp3) is 0.500. The number of hydrogen-bond donors (Lipinski definition) is 0. The topological polar surface area (TPSA) is 78.9 Å². The monoisotopic (exact) mass is 439 g/mol. The molecule has 2 heterocycles. The summed E-state index contributed by atoms with van der Waals surface area (Å²) < 4.78 is 5.28.